The lowest BCUT2D eigenvalue weighted by Crippen LogP contribution is -2.24. The molecule has 0 unspecified atom stereocenters. The van der Waals surface area contributed by atoms with Crippen LogP contribution >= 0.6 is 23.2 Å². The van der Waals surface area contributed by atoms with Gasteiger partial charge in [-0.1, -0.05) is 53.5 Å². The number of urea groups is 1. The zero-order valence-corrected chi connectivity index (χ0v) is 18.4. The number of halogens is 2. The fourth-order valence-corrected chi connectivity index (χ4v) is 3.35. The lowest BCUT2D eigenvalue weighted by Gasteiger charge is -2.11. The number of benzene rings is 3. The van der Waals surface area contributed by atoms with Crippen molar-refractivity contribution in [2.45, 2.75) is 13.5 Å². The average molecular weight is 473 g/mol. The Bertz CT molecular complexity index is 1160. The van der Waals surface area contributed by atoms with Gasteiger partial charge in [-0.05, 0) is 41.8 Å². The van der Waals surface area contributed by atoms with Gasteiger partial charge < -0.3 is 10.1 Å². The van der Waals surface area contributed by atoms with Crippen molar-refractivity contribution in [2.24, 2.45) is 5.10 Å². The second kappa shape index (κ2) is 10.6. The summed E-state index contributed by atoms with van der Waals surface area (Å²) in [5.41, 5.74) is 5.07. The van der Waals surface area contributed by atoms with Crippen molar-refractivity contribution in [1.29, 1.82) is 0 Å². The zero-order chi connectivity index (χ0) is 23.1. The van der Waals surface area contributed by atoms with Gasteiger partial charge in [0.1, 0.15) is 6.61 Å². The van der Waals surface area contributed by atoms with Gasteiger partial charge in [-0.3, -0.25) is 10.1 Å². The van der Waals surface area contributed by atoms with Crippen molar-refractivity contribution < 1.29 is 14.5 Å². The molecule has 0 aliphatic rings. The molecule has 2 N–H and O–H groups in total. The van der Waals surface area contributed by atoms with Gasteiger partial charge >= 0.3 is 6.03 Å². The van der Waals surface area contributed by atoms with E-state index in [-0.39, 0.29) is 28.1 Å². The summed E-state index contributed by atoms with van der Waals surface area (Å²) in [6.07, 6.45) is 1.39. The Hall–Kier alpha value is -3.62. The highest BCUT2D eigenvalue weighted by Gasteiger charge is 2.11. The second-order valence-electron chi connectivity index (χ2n) is 6.67. The number of rotatable bonds is 7. The lowest BCUT2D eigenvalue weighted by atomic mass is 10.2. The Labute approximate surface area is 194 Å². The third kappa shape index (κ3) is 6.19. The maximum atomic E-state index is 12.0. The molecule has 8 nitrogen and oxygen atoms in total. The van der Waals surface area contributed by atoms with E-state index in [1.54, 1.807) is 30.3 Å². The molecule has 0 spiro atoms. The zero-order valence-electron chi connectivity index (χ0n) is 16.8. The summed E-state index contributed by atoms with van der Waals surface area (Å²) in [7, 11) is 0. The third-order valence-corrected chi connectivity index (χ3v) is 4.86. The smallest absolute Gasteiger partial charge is 0.339 e. The number of amides is 2. The molecular weight excluding hydrogens is 455 g/mol. The first-order valence-electron chi connectivity index (χ1n) is 9.34. The van der Waals surface area contributed by atoms with E-state index in [1.807, 2.05) is 25.1 Å². The van der Waals surface area contributed by atoms with Crippen LogP contribution in [0.4, 0.5) is 16.2 Å². The van der Waals surface area contributed by atoms with Gasteiger partial charge in [0.05, 0.1) is 21.2 Å². The molecule has 32 heavy (non-hydrogen) atoms. The summed E-state index contributed by atoms with van der Waals surface area (Å²) in [6.45, 7) is 1.93. The third-order valence-electron chi connectivity index (χ3n) is 4.30. The number of para-hydroxylation sites is 1. The predicted molar refractivity (Wildman–Crippen MR) is 125 cm³/mol. The van der Waals surface area contributed by atoms with Crippen molar-refractivity contribution in [2.75, 3.05) is 5.32 Å². The van der Waals surface area contributed by atoms with Crippen LogP contribution in [0.3, 0.4) is 0 Å². The molecule has 0 atom stereocenters. The molecule has 0 fully saturated rings. The maximum absolute atomic E-state index is 12.0. The van der Waals surface area contributed by atoms with E-state index in [9.17, 15) is 14.9 Å². The van der Waals surface area contributed by atoms with Crippen LogP contribution in [0.25, 0.3) is 0 Å². The fourth-order valence-electron chi connectivity index (χ4n) is 2.74. The minimum absolute atomic E-state index is 0.0335. The van der Waals surface area contributed by atoms with E-state index < -0.39 is 11.0 Å². The van der Waals surface area contributed by atoms with Gasteiger partial charge in [0.15, 0.2) is 5.75 Å². The number of carbonyl (C=O) groups is 1. The standard InChI is InChI=1S/C22H18Cl2N4O4/c1-14-5-2-3-8-20(14)26-22(29)27-25-12-16-10-18(23)21(19(24)11-16)32-13-15-6-4-7-17(9-15)28(30)31/h2-12H,13H2,1H3,(H2,26,27,29). The van der Waals surface area contributed by atoms with Crippen LogP contribution in [0, 0.1) is 17.0 Å². The quantitative estimate of drug-likeness (QED) is 0.252. The molecule has 10 heteroatoms. The highest BCUT2D eigenvalue weighted by Crippen LogP contribution is 2.34. The lowest BCUT2D eigenvalue weighted by molar-refractivity contribution is -0.384. The number of hydrogen-bond acceptors (Lipinski definition) is 5. The number of ether oxygens (including phenoxy) is 1. The van der Waals surface area contributed by atoms with E-state index in [2.05, 4.69) is 15.8 Å². The number of hydrogen-bond donors (Lipinski definition) is 2. The number of nitrogens with zero attached hydrogens (tertiary/aromatic N) is 2. The molecule has 3 aromatic rings. The van der Waals surface area contributed by atoms with Crippen LogP contribution in [0.2, 0.25) is 10.0 Å². The number of nitro benzene ring substituents is 1. The van der Waals surface area contributed by atoms with E-state index in [4.69, 9.17) is 27.9 Å². The number of nitrogens with one attached hydrogen (secondary N) is 2. The average Bonchev–Trinajstić information content (AvgIpc) is 2.75. The SMILES string of the molecule is Cc1ccccc1NC(=O)NN=Cc1cc(Cl)c(OCc2cccc([N+](=O)[O-])c2)c(Cl)c1. The Morgan fingerprint density at radius 3 is 2.53 bits per heavy atom. The van der Waals surface area contributed by atoms with Crippen LogP contribution < -0.4 is 15.5 Å². The van der Waals surface area contributed by atoms with Crippen molar-refractivity contribution in [1.82, 2.24) is 5.43 Å². The number of nitro groups is 1. The van der Waals surface area contributed by atoms with Crippen LogP contribution in [0.15, 0.2) is 65.8 Å². The van der Waals surface area contributed by atoms with Crippen molar-refractivity contribution in [3.63, 3.8) is 0 Å². The Morgan fingerprint density at radius 2 is 1.84 bits per heavy atom. The van der Waals surface area contributed by atoms with Gasteiger partial charge in [-0.2, -0.15) is 5.10 Å². The van der Waals surface area contributed by atoms with Crippen LogP contribution in [-0.4, -0.2) is 17.2 Å². The Kier molecular flexibility index (Phi) is 7.64. The number of aryl methyl sites for hydroxylation is 1. The minimum atomic E-state index is -0.496. The van der Waals surface area contributed by atoms with Gasteiger partial charge in [0.2, 0.25) is 0 Å². The first kappa shape index (κ1) is 23.1. The number of non-ortho nitro benzene ring substituents is 1. The molecule has 2 amide bonds. The van der Waals surface area contributed by atoms with E-state index in [0.717, 1.165) is 5.56 Å². The van der Waals surface area contributed by atoms with Gasteiger partial charge in [-0.25, -0.2) is 10.2 Å². The fraction of sp³-hybridized carbons (Fsp3) is 0.0909. The van der Waals surface area contributed by atoms with Gasteiger partial charge in [0, 0.05) is 17.8 Å². The van der Waals surface area contributed by atoms with E-state index in [1.165, 1.54) is 18.3 Å². The molecule has 0 heterocycles. The normalized spacial score (nSPS) is 10.7. The van der Waals surface area contributed by atoms with Crippen LogP contribution in [0.1, 0.15) is 16.7 Å². The van der Waals surface area contributed by atoms with Gasteiger partial charge in [-0.15, -0.1) is 0 Å². The highest BCUT2D eigenvalue weighted by atomic mass is 35.5. The van der Waals surface area contributed by atoms with Crippen LogP contribution in [-0.2, 0) is 6.61 Å². The van der Waals surface area contributed by atoms with Crippen molar-refractivity contribution in [3.05, 3.63) is 97.5 Å². The van der Waals surface area contributed by atoms with E-state index in [0.29, 0.717) is 16.8 Å². The molecular formula is C22H18Cl2N4O4. The monoisotopic (exact) mass is 472 g/mol. The molecule has 3 aromatic carbocycles. The predicted octanol–water partition coefficient (Wildman–Crippen LogP) is 5.94. The molecule has 164 valence electrons. The maximum Gasteiger partial charge on any atom is 0.339 e. The molecule has 3 rings (SSSR count). The molecule has 0 bridgehead atoms. The first-order chi connectivity index (χ1) is 15.3. The molecule has 0 aromatic heterocycles. The number of anilines is 1. The van der Waals surface area contributed by atoms with Crippen molar-refractivity contribution >= 4 is 46.8 Å². The number of carbonyl (C=O) groups excluding carboxylic acids is 1. The minimum Gasteiger partial charge on any atom is -0.486 e. The topological polar surface area (TPSA) is 106 Å². The summed E-state index contributed by atoms with van der Waals surface area (Å²) in [6, 6.07) is 16.1. The Balaban J connectivity index is 1.61. The van der Waals surface area contributed by atoms with Crippen LogP contribution in [0.5, 0.6) is 5.75 Å². The highest BCUT2D eigenvalue weighted by molar-refractivity contribution is 6.37. The second-order valence-corrected chi connectivity index (χ2v) is 7.48. The van der Waals surface area contributed by atoms with Gasteiger partial charge in [0.25, 0.3) is 5.69 Å². The molecule has 0 radical (unpaired) electrons. The van der Waals surface area contributed by atoms with Crippen molar-refractivity contribution in [3.8, 4) is 5.75 Å². The summed E-state index contributed by atoms with van der Waals surface area (Å²) >= 11 is 12.5. The molecule has 0 aliphatic heterocycles. The summed E-state index contributed by atoms with van der Waals surface area (Å²) in [4.78, 5) is 22.4. The summed E-state index contributed by atoms with van der Waals surface area (Å²) < 4.78 is 5.65. The Morgan fingerprint density at radius 1 is 1.12 bits per heavy atom. The number of hydrazone groups is 1. The molecule has 0 saturated heterocycles. The summed E-state index contributed by atoms with van der Waals surface area (Å²) in [5, 5.41) is 17.9. The molecule has 0 saturated carbocycles. The summed E-state index contributed by atoms with van der Waals surface area (Å²) in [5.74, 6) is 0.238. The molecule has 0 aliphatic carbocycles. The largest absolute Gasteiger partial charge is 0.486 e. The van der Waals surface area contributed by atoms with E-state index >= 15 is 0 Å². The first-order valence-corrected chi connectivity index (χ1v) is 10.1.